The molecular formula is C18H15NO4. The minimum atomic E-state index is -0.948. The molecule has 2 N–H and O–H groups in total. The number of fused-ring (bicyclic) bond motifs is 1. The number of carboxylic acid groups (broad SMARTS) is 1. The predicted octanol–water partition coefficient (Wildman–Crippen LogP) is 3.10. The van der Waals surface area contributed by atoms with Crippen molar-refractivity contribution in [2.75, 3.05) is 6.54 Å². The van der Waals surface area contributed by atoms with E-state index in [0.717, 1.165) is 10.9 Å². The predicted molar refractivity (Wildman–Crippen MR) is 85.7 cm³/mol. The largest absolute Gasteiger partial charge is 0.478 e. The zero-order valence-electron chi connectivity index (χ0n) is 12.3. The minimum Gasteiger partial charge on any atom is -0.478 e. The number of carbonyl (C=O) groups excluding carboxylic acids is 1. The molecule has 116 valence electrons. The third kappa shape index (κ3) is 3.23. The highest BCUT2D eigenvalue weighted by atomic mass is 16.4. The molecule has 0 aliphatic carbocycles. The van der Waals surface area contributed by atoms with Crippen LogP contribution in [0.4, 0.5) is 0 Å². The van der Waals surface area contributed by atoms with Crippen molar-refractivity contribution in [3.8, 4) is 0 Å². The van der Waals surface area contributed by atoms with Gasteiger partial charge < -0.3 is 14.8 Å². The second-order valence-electron chi connectivity index (χ2n) is 5.15. The first-order valence-corrected chi connectivity index (χ1v) is 7.22. The molecule has 1 amide bonds. The first kappa shape index (κ1) is 14.8. The van der Waals surface area contributed by atoms with Crippen LogP contribution in [0.5, 0.6) is 0 Å². The molecule has 5 heteroatoms. The molecule has 0 saturated heterocycles. The van der Waals surface area contributed by atoms with E-state index in [4.69, 9.17) is 9.52 Å². The lowest BCUT2D eigenvalue weighted by molar-refractivity contribution is 0.0696. The van der Waals surface area contributed by atoms with E-state index in [-0.39, 0.29) is 11.5 Å². The van der Waals surface area contributed by atoms with Gasteiger partial charge in [-0.25, -0.2) is 4.79 Å². The second-order valence-corrected chi connectivity index (χ2v) is 5.15. The summed E-state index contributed by atoms with van der Waals surface area (Å²) in [5.41, 5.74) is 2.42. The average Bonchev–Trinajstić information content (AvgIpc) is 2.99. The summed E-state index contributed by atoms with van der Waals surface area (Å²) >= 11 is 0. The minimum absolute atomic E-state index is 0.183. The zero-order chi connectivity index (χ0) is 16.2. The number of furan rings is 1. The molecular weight excluding hydrogens is 294 g/mol. The van der Waals surface area contributed by atoms with Gasteiger partial charge in [0.1, 0.15) is 11.8 Å². The number of hydrogen-bond acceptors (Lipinski definition) is 3. The molecule has 0 atom stereocenters. The Hall–Kier alpha value is -3.08. The van der Waals surface area contributed by atoms with Crippen molar-refractivity contribution in [2.45, 2.75) is 6.42 Å². The number of rotatable bonds is 5. The number of amides is 1. The molecule has 3 rings (SSSR count). The third-order valence-electron chi connectivity index (χ3n) is 3.63. The Labute approximate surface area is 132 Å². The molecule has 1 aromatic heterocycles. The summed E-state index contributed by atoms with van der Waals surface area (Å²) in [6, 6.07) is 14.0. The summed E-state index contributed by atoms with van der Waals surface area (Å²) in [7, 11) is 0. The first-order chi connectivity index (χ1) is 11.1. The van der Waals surface area contributed by atoms with Crippen LogP contribution < -0.4 is 5.32 Å². The van der Waals surface area contributed by atoms with Crippen molar-refractivity contribution in [1.82, 2.24) is 5.32 Å². The summed E-state index contributed by atoms with van der Waals surface area (Å²) in [5, 5.41) is 12.5. The molecule has 0 aliphatic heterocycles. The highest BCUT2D eigenvalue weighted by molar-refractivity contribution is 6.05. The van der Waals surface area contributed by atoms with E-state index in [1.165, 1.54) is 6.26 Å². The molecule has 0 fully saturated rings. The van der Waals surface area contributed by atoms with Gasteiger partial charge in [-0.15, -0.1) is 0 Å². The van der Waals surface area contributed by atoms with Gasteiger partial charge in [-0.2, -0.15) is 0 Å². The van der Waals surface area contributed by atoms with E-state index in [1.54, 1.807) is 24.3 Å². The Kier molecular flexibility index (Phi) is 4.10. The summed E-state index contributed by atoms with van der Waals surface area (Å²) in [6.07, 6.45) is 2.09. The maximum atomic E-state index is 12.2. The van der Waals surface area contributed by atoms with Gasteiger partial charge in [0.15, 0.2) is 0 Å². The number of carbonyl (C=O) groups is 2. The Balaban J connectivity index is 1.60. The normalized spacial score (nSPS) is 10.6. The molecule has 1 heterocycles. The molecule has 0 spiro atoms. The number of nitrogens with one attached hydrogen (secondary N) is 1. The fourth-order valence-electron chi connectivity index (χ4n) is 2.38. The van der Waals surface area contributed by atoms with E-state index in [1.807, 2.05) is 24.3 Å². The van der Waals surface area contributed by atoms with E-state index >= 15 is 0 Å². The highest BCUT2D eigenvalue weighted by Crippen LogP contribution is 2.20. The lowest BCUT2D eigenvalue weighted by Crippen LogP contribution is -2.25. The number of hydrogen-bond donors (Lipinski definition) is 2. The van der Waals surface area contributed by atoms with Gasteiger partial charge in [0.05, 0.1) is 11.1 Å². The molecule has 0 aliphatic rings. The highest BCUT2D eigenvalue weighted by Gasteiger charge is 2.12. The van der Waals surface area contributed by atoms with Crippen molar-refractivity contribution in [2.24, 2.45) is 0 Å². The topological polar surface area (TPSA) is 79.5 Å². The van der Waals surface area contributed by atoms with Crippen LogP contribution in [0.2, 0.25) is 0 Å². The SMILES string of the molecule is O=C(O)c1ccc(CCNC(=O)c2coc3ccccc23)cc1. The van der Waals surface area contributed by atoms with Gasteiger partial charge >= 0.3 is 5.97 Å². The summed E-state index contributed by atoms with van der Waals surface area (Å²) in [5.74, 6) is -1.13. The van der Waals surface area contributed by atoms with Gasteiger partial charge in [0, 0.05) is 11.9 Å². The maximum absolute atomic E-state index is 12.2. The lowest BCUT2D eigenvalue weighted by Gasteiger charge is -2.05. The van der Waals surface area contributed by atoms with Crippen molar-refractivity contribution >= 4 is 22.8 Å². The number of para-hydroxylation sites is 1. The van der Waals surface area contributed by atoms with Crippen LogP contribution in [0, 0.1) is 0 Å². The maximum Gasteiger partial charge on any atom is 0.335 e. The molecule has 0 radical (unpaired) electrons. The fraction of sp³-hybridized carbons (Fsp3) is 0.111. The van der Waals surface area contributed by atoms with E-state index in [2.05, 4.69) is 5.32 Å². The lowest BCUT2D eigenvalue weighted by atomic mass is 10.1. The smallest absolute Gasteiger partial charge is 0.335 e. The zero-order valence-corrected chi connectivity index (χ0v) is 12.3. The van der Waals surface area contributed by atoms with Crippen LogP contribution in [0.1, 0.15) is 26.3 Å². The molecule has 5 nitrogen and oxygen atoms in total. The molecule has 23 heavy (non-hydrogen) atoms. The van der Waals surface area contributed by atoms with E-state index in [0.29, 0.717) is 24.1 Å². The number of aromatic carboxylic acids is 1. The van der Waals surface area contributed by atoms with Crippen molar-refractivity contribution in [3.63, 3.8) is 0 Å². The average molecular weight is 309 g/mol. The van der Waals surface area contributed by atoms with E-state index < -0.39 is 5.97 Å². The van der Waals surface area contributed by atoms with Gasteiger partial charge in [-0.1, -0.05) is 30.3 Å². The van der Waals surface area contributed by atoms with E-state index in [9.17, 15) is 9.59 Å². The summed E-state index contributed by atoms with van der Waals surface area (Å²) < 4.78 is 5.35. The molecule has 0 bridgehead atoms. The van der Waals surface area contributed by atoms with Gasteiger partial charge in [0.2, 0.25) is 0 Å². The Morgan fingerprint density at radius 2 is 1.78 bits per heavy atom. The first-order valence-electron chi connectivity index (χ1n) is 7.22. The number of carboxylic acids is 1. The van der Waals surface area contributed by atoms with Crippen molar-refractivity contribution in [3.05, 3.63) is 71.5 Å². The second kappa shape index (κ2) is 6.36. The van der Waals surface area contributed by atoms with Crippen LogP contribution in [0.25, 0.3) is 11.0 Å². The molecule has 2 aromatic carbocycles. The summed E-state index contributed by atoms with van der Waals surface area (Å²) in [4.78, 5) is 23.0. The Morgan fingerprint density at radius 1 is 1.04 bits per heavy atom. The van der Waals surface area contributed by atoms with Gasteiger partial charge in [-0.05, 0) is 30.2 Å². The third-order valence-corrected chi connectivity index (χ3v) is 3.63. The van der Waals surface area contributed by atoms with Crippen molar-refractivity contribution in [1.29, 1.82) is 0 Å². The standard InChI is InChI=1S/C18H15NO4/c20-17(15-11-23-16-4-2-1-3-14(15)16)19-10-9-12-5-7-13(8-6-12)18(21)22/h1-8,11H,9-10H2,(H,19,20)(H,21,22). The quantitative estimate of drug-likeness (QED) is 0.759. The van der Waals surface area contributed by atoms with Crippen LogP contribution in [-0.4, -0.2) is 23.5 Å². The van der Waals surface area contributed by atoms with Gasteiger partial charge in [-0.3, -0.25) is 4.79 Å². The monoisotopic (exact) mass is 309 g/mol. The summed E-state index contributed by atoms with van der Waals surface area (Å²) in [6.45, 7) is 0.463. The fourth-order valence-corrected chi connectivity index (χ4v) is 2.38. The van der Waals surface area contributed by atoms with Crippen molar-refractivity contribution < 1.29 is 19.1 Å². The molecule has 0 unspecified atom stereocenters. The van der Waals surface area contributed by atoms with Crippen LogP contribution in [0.3, 0.4) is 0 Å². The molecule has 3 aromatic rings. The Bertz CT molecular complexity index is 849. The van der Waals surface area contributed by atoms with Crippen LogP contribution in [0.15, 0.2) is 59.2 Å². The van der Waals surface area contributed by atoms with Crippen LogP contribution >= 0.6 is 0 Å². The van der Waals surface area contributed by atoms with Crippen LogP contribution in [-0.2, 0) is 6.42 Å². The Morgan fingerprint density at radius 3 is 2.52 bits per heavy atom. The van der Waals surface area contributed by atoms with Gasteiger partial charge in [0.25, 0.3) is 5.91 Å². The molecule has 0 saturated carbocycles. The number of benzene rings is 2.